The number of nitro benzene ring substituents is 2. The molecule has 0 heterocycles. The minimum atomic E-state index is -0.984. The van der Waals surface area contributed by atoms with Gasteiger partial charge in [0, 0.05) is 11.8 Å². The van der Waals surface area contributed by atoms with Crippen LogP contribution in [-0.2, 0) is 9.59 Å². The second kappa shape index (κ2) is 11.0. The predicted octanol–water partition coefficient (Wildman–Crippen LogP) is 3.39. The van der Waals surface area contributed by atoms with E-state index >= 15 is 0 Å². The van der Waals surface area contributed by atoms with Crippen LogP contribution in [0.5, 0.6) is 17.2 Å². The molecular weight excluding hydrogens is 462 g/mol. The molecule has 0 aromatic heterocycles. The molecule has 35 heavy (non-hydrogen) atoms. The first-order chi connectivity index (χ1) is 16.8. The van der Waals surface area contributed by atoms with Crippen LogP contribution in [0.4, 0.5) is 17.1 Å². The third-order valence-electron chi connectivity index (χ3n) is 4.39. The molecule has 2 amide bonds. The fraction of sp³-hybridized carbons (Fsp3) is 0.0455. The Labute approximate surface area is 197 Å². The number of rotatable bonds is 8. The van der Waals surface area contributed by atoms with Gasteiger partial charge in [-0.05, 0) is 60.2 Å². The third kappa shape index (κ3) is 6.58. The third-order valence-corrected chi connectivity index (χ3v) is 4.39. The Balaban J connectivity index is 1.57. The van der Waals surface area contributed by atoms with E-state index in [0.717, 1.165) is 18.2 Å². The number of nitro groups is 2. The van der Waals surface area contributed by atoms with Gasteiger partial charge in [-0.1, -0.05) is 0 Å². The minimum absolute atomic E-state index is 0.169. The normalized spacial score (nSPS) is 10.4. The highest BCUT2D eigenvalue weighted by molar-refractivity contribution is 6.39. The fourth-order valence-corrected chi connectivity index (χ4v) is 2.68. The summed E-state index contributed by atoms with van der Waals surface area (Å²) in [5.41, 5.74) is 2.03. The van der Waals surface area contributed by atoms with Gasteiger partial charge in [-0.3, -0.25) is 29.8 Å². The first kappa shape index (κ1) is 24.3. The summed E-state index contributed by atoms with van der Waals surface area (Å²) in [6.45, 7) is 0. The number of nitrogens with zero attached hydrogens (tertiary/aromatic N) is 3. The SMILES string of the molecule is COc1ccc(NC(=O)C(=O)N/N=C/c2ccc(Oc3ccc([N+](=O)[O-])cc3[N+](=O)[O-])cc2)cc1. The monoisotopic (exact) mass is 479 g/mol. The zero-order valence-corrected chi connectivity index (χ0v) is 18.0. The highest BCUT2D eigenvalue weighted by Gasteiger charge is 2.21. The molecule has 0 fully saturated rings. The van der Waals surface area contributed by atoms with Crippen molar-refractivity contribution >= 4 is 35.1 Å². The summed E-state index contributed by atoms with van der Waals surface area (Å²) in [5.74, 6) is -1.25. The number of hydrazone groups is 1. The Morgan fingerprint density at radius 3 is 2.14 bits per heavy atom. The number of nitrogens with one attached hydrogen (secondary N) is 2. The molecule has 3 aromatic carbocycles. The van der Waals surface area contributed by atoms with E-state index in [9.17, 15) is 29.8 Å². The Kier molecular flexibility index (Phi) is 7.64. The number of carbonyl (C=O) groups excluding carboxylic acids is 2. The molecule has 0 spiro atoms. The number of hydrogen-bond donors (Lipinski definition) is 2. The van der Waals surface area contributed by atoms with E-state index < -0.39 is 33.0 Å². The second-order valence-electron chi connectivity index (χ2n) is 6.72. The van der Waals surface area contributed by atoms with Crippen LogP contribution < -0.4 is 20.2 Å². The fourth-order valence-electron chi connectivity index (χ4n) is 2.68. The van der Waals surface area contributed by atoms with Crippen LogP contribution in [0.3, 0.4) is 0 Å². The molecule has 0 saturated carbocycles. The molecule has 0 aliphatic rings. The molecule has 0 unspecified atom stereocenters. The van der Waals surface area contributed by atoms with Gasteiger partial charge in [-0.15, -0.1) is 0 Å². The lowest BCUT2D eigenvalue weighted by molar-refractivity contribution is -0.394. The number of amides is 2. The van der Waals surface area contributed by atoms with Crippen molar-refractivity contribution in [3.8, 4) is 17.2 Å². The number of ether oxygens (including phenoxy) is 2. The Morgan fingerprint density at radius 1 is 0.886 bits per heavy atom. The molecule has 2 N–H and O–H groups in total. The minimum Gasteiger partial charge on any atom is -0.497 e. The second-order valence-corrected chi connectivity index (χ2v) is 6.72. The lowest BCUT2D eigenvalue weighted by Crippen LogP contribution is -2.32. The highest BCUT2D eigenvalue weighted by Crippen LogP contribution is 2.34. The Morgan fingerprint density at radius 2 is 1.54 bits per heavy atom. The molecular formula is C22H17N5O8. The van der Waals surface area contributed by atoms with Crippen LogP contribution >= 0.6 is 0 Å². The van der Waals surface area contributed by atoms with Gasteiger partial charge >= 0.3 is 17.5 Å². The summed E-state index contributed by atoms with van der Waals surface area (Å²) in [5, 5.41) is 28.2. The van der Waals surface area contributed by atoms with Crippen LogP contribution in [0.1, 0.15) is 5.56 Å². The Hall–Kier alpha value is -5.33. The van der Waals surface area contributed by atoms with Crippen LogP contribution in [0, 0.1) is 20.2 Å². The molecule has 0 bridgehead atoms. The largest absolute Gasteiger partial charge is 0.497 e. The van der Waals surface area contributed by atoms with Gasteiger partial charge in [-0.2, -0.15) is 5.10 Å². The first-order valence-corrected chi connectivity index (χ1v) is 9.76. The van der Waals surface area contributed by atoms with Gasteiger partial charge in [-0.25, -0.2) is 5.43 Å². The number of non-ortho nitro benzene ring substituents is 1. The lowest BCUT2D eigenvalue weighted by Gasteiger charge is -2.06. The van der Waals surface area contributed by atoms with Gasteiger partial charge < -0.3 is 14.8 Å². The van der Waals surface area contributed by atoms with Crippen molar-refractivity contribution in [2.75, 3.05) is 12.4 Å². The van der Waals surface area contributed by atoms with Crippen molar-refractivity contribution in [3.05, 3.63) is 92.5 Å². The quantitative estimate of drug-likeness (QED) is 0.214. The molecule has 0 radical (unpaired) electrons. The number of benzene rings is 3. The standard InChI is InChI=1S/C22H17N5O8/c1-34-17-9-4-15(5-10-17)24-21(28)22(29)25-23-13-14-2-7-18(8-3-14)35-20-11-6-16(26(30)31)12-19(20)27(32)33/h2-13H,1H3,(H,24,28)(H,25,29)/b23-13+. The van der Waals surface area contributed by atoms with E-state index in [1.807, 2.05) is 0 Å². The zero-order chi connectivity index (χ0) is 25.4. The summed E-state index contributed by atoms with van der Waals surface area (Å²) in [6, 6.07) is 15.5. The molecule has 0 aliphatic heterocycles. The maximum Gasteiger partial charge on any atom is 0.329 e. The molecule has 13 heteroatoms. The van der Waals surface area contributed by atoms with Crippen molar-refractivity contribution in [1.82, 2.24) is 5.43 Å². The predicted molar refractivity (Wildman–Crippen MR) is 124 cm³/mol. The van der Waals surface area contributed by atoms with Crippen molar-refractivity contribution in [2.24, 2.45) is 5.10 Å². The van der Waals surface area contributed by atoms with E-state index in [0.29, 0.717) is 17.0 Å². The van der Waals surface area contributed by atoms with Gasteiger partial charge in [0.15, 0.2) is 0 Å². The lowest BCUT2D eigenvalue weighted by atomic mass is 10.2. The average molecular weight is 479 g/mol. The van der Waals surface area contributed by atoms with E-state index in [1.54, 1.807) is 36.4 Å². The van der Waals surface area contributed by atoms with E-state index in [1.165, 1.54) is 25.5 Å². The molecule has 178 valence electrons. The summed E-state index contributed by atoms with van der Waals surface area (Å²) in [7, 11) is 1.50. The van der Waals surface area contributed by atoms with E-state index in [-0.39, 0.29) is 11.5 Å². The van der Waals surface area contributed by atoms with Crippen molar-refractivity contribution in [2.45, 2.75) is 0 Å². The van der Waals surface area contributed by atoms with E-state index in [2.05, 4.69) is 15.8 Å². The first-order valence-electron chi connectivity index (χ1n) is 9.76. The van der Waals surface area contributed by atoms with Crippen LogP contribution in [0.2, 0.25) is 0 Å². The molecule has 0 aliphatic carbocycles. The molecule has 0 saturated heterocycles. The molecule has 3 rings (SSSR count). The highest BCUT2D eigenvalue weighted by atomic mass is 16.6. The van der Waals surface area contributed by atoms with Crippen molar-refractivity contribution in [3.63, 3.8) is 0 Å². The van der Waals surface area contributed by atoms with Crippen LogP contribution in [-0.4, -0.2) is 35.0 Å². The zero-order valence-electron chi connectivity index (χ0n) is 18.0. The molecule has 13 nitrogen and oxygen atoms in total. The summed E-state index contributed by atoms with van der Waals surface area (Å²) in [6.07, 6.45) is 1.27. The van der Waals surface area contributed by atoms with Gasteiger partial charge in [0.1, 0.15) is 11.5 Å². The number of methoxy groups -OCH3 is 1. The van der Waals surface area contributed by atoms with Crippen molar-refractivity contribution in [1.29, 1.82) is 0 Å². The summed E-state index contributed by atoms with van der Waals surface area (Å²) in [4.78, 5) is 44.3. The van der Waals surface area contributed by atoms with Crippen LogP contribution in [0.25, 0.3) is 0 Å². The Bertz CT molecular complexity index is 1290. The smallest absolute Gasteiger partial charge is 0.329 e. The average Bonchev–Trinajstić information content (AvgIpc) is 2.85. The number of anilines is 1. The van der Waals surface area contributed by atoms with Gasteiger partial charge in [0.2, 0.25) is 5.75 Å². The summed E-state index contributed by atoms with van der Waals surface area (Å²) < 4.78 is 10.5. The maximum atomic E-state index is 11.9. The van der Waals surface area contributed by atoms with Gasteiger partial charge in [0.25, 0.3) is 5.69 Å². The topological polar surface area (TPSA) is 175 Å². The number of carbonyl (C=O) groups is 2. The molecule has 3 aromatic rings. The van der Waals surface area contributed by atoms with E-state index in [4.69, 9.17) is 9.47 Å². The van der Waals surface area contributed by atoms with Crippen molar-refractivity contribution < 1.29 is 28.9 Å². The van der Waals surface area contributed by atoms with Gasteiger partial charge in [0.05, 0.1) is 29.2 Å². The number of hydrogen-bond acceptors (Lipinski definition) is 9. The van der Waals surface area contributed by atoms with Crippen LogP contribution in [0.15, 0.2) is 71.8 Å². The summed E-state index contributed by atoms with van der Waals surface area (Å²) >= 11 is 0. The maximum absolute atomic E-state index is 11.9. The molecule has 0 atom stereocenters.